The zero-order valence-corrected chi connectivity index (χ0v) is 14.2. The summed E-state index contributed by atoms with van der Waals surface area (Å²) in [6.07, 6.45) is 0. The fourth-order valence-electron chi connectivity index (χ4n) is 2.01. The molecular formula is C18H22BrNO. The van der Waals surface area contributed by atoms with Crippen molar-refractivity contribution in [3.63, 3.8) is 0 Å². The Morgan fingerprint density at radius 2 is 1.86 bits per heavy atom. The normalized spacial score (nSPS) is 10.9. The molecular weight excluding hydrogens is 326 g/mol. The number of nitrogens with one attached hydrogen (secondary N) is 1. The fourth-order valence-corrected chi connectivity index (χ4v) is 2.40. The summed E-state index contributed by atoms with van der Waals surface area (Å²) in [6.45, 7) is 6.88. The van der Waals surface area contributed by atoms with Crippen molar-refractivity contribution >= 4 is 15.9 Å². The SMILES string of the molecule is CC(C)CNCc1cc(OCc2ccccc2)ccc1Br. The Kier molecular flexibility index (Phi) is 6.27. The summed E-state index contributed by atoms with van der Waals surface area (Å²) < 4.78 is 6.98. The van der Waals surface area contributed by atoms with Crippen molar-refractivity contribution in [2.24, 2.45) is 5.92 Å². The van der Waals surface area contributed by atoms with Crippen LogP contribution in [0.1, 0.15) is 25.0 Å². The number of ether oxygens (including phenoxy) is 1. The lowest BCUT2D eigenvalue weighted by Gasteiger charge is -2.12. The van der Waals surface area contributed by atoms with E-state index in [0.717, 1.165) is 23.3 Å². The maximum absolute atomic E-state index is 5.87. The minimum Gasteiger partial charge on any atom is -0.489 e. The van der Waals surface area contributed by atoms with Gasteiger partial charge in [-0.1, -0.05) is 60.1 Å². The van der Waals surface area contributed by atoms with Crippen LogP contribution >= 0.6 is 15.9 Å². The Hall–Kier alpha value is -1.32. The molecule has 2 aromatic carbocycles. The second-order valence-electron chi connectivity index (χ2n) is 5.55. The molecule has 0 saturated heterocycles. The molecule has 0 spiro atoms. The third-order valence-electron chi connectivity index (χ3n) is 3.13. The first-order valence-electron chi connectivity index (χ1n) is 7.31. The molecule has 0 heterocycles. The Labute approximate surface area is 135 Å². The smallest absolute Gasteiger partial charge is 0.120 e. The van der Waals surface area contributed by atoms with Crippen molar-refractivity contribution < 1.29 is 4.74 Å². The predicted octanol–water partition coefficient (Wildman–Crippen LogP) is 4.77. The van der Waals surface area contributed by atoms with Crippen molar-refractivity contribution in [2.45, 2.75) is 27.0 Å². The number of rotatable bonds is 7. The highest BCUT2D eigenvalue weighted by atomic mass is 79.9. The van der Waals surface area contributed by atoms with Gasteiger partial charge in [-0.25, -0.2) is 0 Å². The zero-order chi connectivity index (χ0) is 15.1. The molecule has 2 rings (SSSR count). The summed E-state index contributed by atoms with van der Waals surface area (Å²) in [6, 6.07) is 16.4. The minimum atomic E-state index is 0.599. The summed E-state index contributed by atoms with van der Waals surface area (Å²) >= 11 is 3.60. The minimum absolute atomic E-state index is 0.599. The monoisotopic (exact) mass is 347 g/mol. The van der Waals surface area contributed by atoms with E-state index in [4.69, 9.17) is 4.74 Å². The number of halogens is 1. The van der Waals surface area contributed by atoms with Gasteiger partial charge in [-0.05, 0) is 41.8 Å². The molecule has 0 unspecified atom stereocenters. The molecule has 21 heavy (non-hydrogen) atoms. The van der Waals surface area contributed by atoms with Crippen LogP contribution in [0.4, 0.5) is 0 Å². The molecule has 0 aliphatic carbocycles. The van der Waals surface area contributed by atoms with Crippen molar-refractivity contribution in [1.29, 1.82) is 0 Å². The van der Waals surface area contributed by atoms with E-state index in [2.05, 4.69) is 53.3 Å². The van der Waals surface area contributed by atoms with Crippen molar-refractivity contribution in [3.8, 4) is 5.75 Å². The van der Waals surface area contributed by atoms with E-state index in [9.17, 15) is 0 Å². The first-order chi connectivity index (χ1) is 10.1. The molecule has 2 nitrogen and oxygen atoms in total. The van der Waals surface area contributed by atoms with Crippen LogP contribution in [0.25, 0.3) is 0 Å². The average molecular weight is 348 g/mol. The van der Waals surface area contributed by atoms with Gasteiger partial charge in [0.2, 0.25) is 0 Å². The summed E-state index contributed by atoms with van der Waals surface area (Å²) in [5.41, 5.74) is 2.40. The van der Waals surface area contributed by atoms with Gasteiger partial charge in [-0.3, -0.25) is 0 Å². The van der Waals surface area contributed by atoms with E-state index in [1.54, 1.807) is 0 Å². The molecule has 0 radical (unpaired) electrons. The Morgan fingerprint density at radius 1 is 1.10 bits per heavy atom. The number of benzene rings is 2. The first kappa shape index (κ1) is 16.1. The molecule has 0 bridgehead atoms. The molecule has 0 saturated carbocycles. The van der Waals surface area contributed by atoms with E-state index in [-0.39, 0.29) is 0 Å². The van der Waals surface area contributed by atoms with Crippen LogP contribution in [0, 0.1) is 5.92 Å². The first-order valence-corrected chi connectivity index (χ1v) is 8.10. The maximum atomic E-state index is 5.87. The Balaban J connectivity index is 1.94. The van der Waals surface area contributed by atoms with E-state index in [0.29, 0.717) is 12.5 Å². The van der Waals surface area contributed by atoms with Crippen LogP contribution in [0.3, 0.4) is 0 Å². The second kappa shape index (κ2) is 8.20. The van der Waals surface area contributed by atoms with E-state index in [1.807, 2.05) is 30.3 Å². The quantitative estimate of drug-likeness (QED) is 0.778. The van der Waals surface area contributed by atoms with Crippen LogP contribution in [0.2, 0.25) is 0 Å². The van der Waals surface area contributed by atoms with Crippen molar-refractivity contribution in [3.05, 3.63) is 64.1 Å². The van der Waals surface area contributed by atoms with Crippen LogP contribution < -0.4 is 10.1 Å². The number of hydrogen-bond acceptors (Lipinski definition) is 2. The standard InChI is InChI=1S/C18H22BrNO/c1-14(2)11-20-12-16-10-17(8-9-18(16)19)21-13-15-6-4-3-5-7-15/h3-10,14,20H,11-13H2,1-2H3. The molecule has 0 aromatic heterocycles. The van der Waals surface area contributed by atoms with Gasteiger partial charge in [-0.15, -0.1) is 0 Å². The van der Waals surface area contributed by atoms with E-state index >= 15 is 0 Å². The van der Waals surface area contributed by atoms with Gasteiger partial charge in [0.1, 0.15) is 12.4 Å². The van der Waals surface area contributed by atoms with Gasteiger partial charge in [0.25, 0.3) is 0 Å². The molecule has 0 fully saturated rings. The van der Waals surface area contributed by atoms with Gasteiger partial charge in [0, 0.05) is 11.0 Å². The van der Waals surface area contributed by atoms with Crippen LogP contribution in [0.15, 0.2) is 53.0 Å². The molecule has 112 valence electrons. The Bertz CT molecular complexity index is 554. The zero-order valence-electron chi connectivity index (χ0n) is 12.6. The highest BCUT2D eigenvalue weighted by Gasteiger charge is 2.04. The topological polar surface area (TPSA) is 21.3 Å². The maximum Gasteiger partial charge on any atom is 0.120 e. The highest BCUT2D eigenvalue weighted by Crippen LogP contribution is 2.23. The average Bonchev–Trinajstić information content (AvgIpc) is 2.48. The fraction of sp³-hybridized carbons (Fsp3) is 0.333. The molecule has 1 N–H and O–H groups in total. The van der Waals surface area contributed by atoms with Crippen molar-refractivity contribution in [1.82, 2.24) is 5.32 Å². The molecule has 0 atom stereocenters. The second-order valence-corrected chi connectivity index (χ2v) is 6.41. The van der Waals surface area contributed by atoms with Crippen molar-refractivity contribution in [2.75, 3.05) is 6.54 Å². The molecule has 0 aliphatic rings. The predicted molar refractivity (Wildman–Crippen MR) is 91.5 cm³/mol. The largest absolute Gasteiger partial charge is 0.489 e. The third-order valence-corrected chi connectivity index (χ3v) is 3.91. The van der Waals surface area contributed by atoms with Gasteiger partial charge in [0.05, 0.1) is 0 Å². The summed E-state index contributed by atoms with van der Waals surface area (Å²) in [5.74, 6) is 1.56. The number of hydrogen-bond donors (Lipinski definition) is 1. The van der Waals surface area contributed by atoms with E-state index in [1.165, 1.54) is 11.1 Å². The third kappa shape index (κ3) is 5.52. The Morgan fingerprint density at radius 3 is 2.57 bits per heavy atom. The van der Waals surface area contributed by atoms with Gasteiger partial charge >= 0.3 is 0 Å². The van der Waals surface area contributed by atoms with Gasteiger partial charge in [0.15, 0.2) is 0 Å². The summed E-state index contributed by atoms with van der Waals surface area (Å²) in [5, 5.41) is 3.46. The molecule has 0 aliphatic heterocycles. The van der Waals surface area contributed by atoms with Crippen LogP contribution in [-0.4, -0.2) is 6.54 Å². The van der Waals surface area contributed by atoms with E-state index < -0.39 is 0 Å². The van der Waals surface area contributed by atoms with Gasteiger partial charge < -0.3 is 10.1 Å². The summed E-state index contributed by atoms with van der Waals surface area (Å²) in [7, 11) is 0. The van der Waals surface area contributed by atoms with Crippen LogP contribution in [-0.2, 0) is 13.2 Å². The van der Waals surface area contributed by atoms with Gasteiger partial charge in [-0.2, -0.15) is 0 Å². The molecule has 0 amide bonds. The lowest BCUT2D eigenvalue weighted by atomic mass is 10.2. The summed E-state index contributed by atoms with van der Waals surface area (Å²) in [4.78, 5) is 0. The highest BCUT2D eigenvalue weighted by molar-refractivity contribution is 9.10. The van der Waals surface area contributed by atoms with Crippen LogP contribution in [0.5, 0.6) is 5.75 Å². The lowest BCUT2D eigenvalue weighted by Crippen LogP contribution is -2.19. The molecule has 2 aromatic rings. The molecule has 3 heteroatoms. The lowest BCUT2D eigenvalue weighted by molar-refractivity contribution is 0.306.